The molecule has 0 bridgehead atoms. The van der Waals surface area contributed by atoms with Crippen LogP contribution in [-0.4, -0.2) is 40.4 Å². The van der Waals surface area contributed by atoms with Gasteiger partial charge in [0.25, 0.3) is 11.6 Å². The summed E-state index contributed by atoms with van der Waals surface area (Å²) in [4.78, 5) is 36.0. The number of ether oxygens (including phenoxy) is 1. The molecule has 2 rings (SSSR count). The summed E-state index contributed by atoms with van der Waals surface area (Å²) < 4.78 is 5.04. The summed E-state index contributed by atoms with van der Waals surface area (Å²) in [6.45, 7) is 3.67. The molecule has 7 heteroatoms. The van der Waals surface area contributed by atoms with Crippen LogP contribution in [0.25, 0.3) is 0 Å². The molecule has 23 heavy (non-hydrogen) atoms. The predicted molar refractivity (Wildman–Crippen MR) is 83.0 cm³/mol. The number of nitrogens with zero attached hydrogens (tertiary/aromatic N) is 2. The molecular weight excluding hydrogens is 300 g/mol. The maximum absolute atomic E-state index is 12.3. The Balaban J connectivity index is 1.93. The molecule has 0 unspecified atom stereocenters. The molecular formula is C16H20N2O5. The van der Waals surface area contributed by atoms with Gasteiger partial charge in [-0.1, -0.05) is 0 Å². The van der Waals surface area contributed by atoms with E-state index >= 15 is 0 Å². The Bertz CT molecular complexity index is 589. The number of benzene rings is 1. The molecule has 0 aliphatic carbocycles. The molecule has 0 spiro atoms. The molecule has 0 aromatic heterocycles. The van der Waals surface area contributed by atoms with Gasteiger partial charge >= 0.3 is 5.97 Å². The second-order valence-corrected chi connectivity index (χ2v) is 5.81. The van der Waals surface area contributed by atoms with Crippen molar-refractivity contribution in [3.63, 3.8) is 0 Å². The Hall–Kier alpha value is -2.44. The first-order valence-corrected chi connectivity index (χ1v) is 7.63. The summed E-state index contributed by atoms with van der Waals surface area (Å²) in [5, 5.41) is 10.6. The van der Waals surface area contributed by atoms with E-state index in [4.69, 9.17) is 4.74 Å². The third-order valence-corrected chi connectivity index (χ3v) is 4.12. The number of carbonyl (C=O) groups excluding carboxylic acids is 2. The Morgan fingerprint density at radius 2 is 1.78 bits per heavy atom. The molecule has 1 aliphatic rings. The van der Waals surface area contributed by atoms with Gasteiger partial charge in [0.15, 0.2) is 6.61 Å². The van der Waals surface area contributed by atoms with Crippen LogP contribution in [0.4, 0.5) is 5.69 Å². The number of carbonyl (C=O) groups is 2. The van der Waals surface area contributed by atoms with Crippen LogP contribution in [0.3, 0.4) is 0 Å². The molecule has 1 aromatic rings. The molecule has 1 heterocycles. The lowest BCUT2D eigenvalue weighted by atomic mass is 9.97. The number of nitro groups is 1. The molecule has 0 N–H and O–H groups in total. The van der Waals surface area contributed by atoms with E-state index < -0.39 is 10.9 Å². The number of piperidine rings is 1. The topological polar surface area (TPSA) is 89.8 Å². The SMILES string of the molecule is C[C@H]1CCC[C@H](C)N1C(=O)COC(=O)c1ccc([N+](=O)[O-])cc1. The van der Waals surface area contributed by atoms with Crippen LogP contribution in [0.1, 0.15) is 43.5 Å². The van der Waals surface area contributed by atoms with Gasteiger partial charge in [0.1, 0.15) is 0 Å². The third kappa shape index (κ3) is 4.06. The van der Waals surface area contributed by atoms with E-state index in [1.165, 1.54) is 24.3 Å². The van der Waals surface area contributed by atoms with Crippen LogP contribution in [-0.2, 0) is 9.53 Å². The fourth-order valence-corrected chi connectivity index (χ4v) is 2.92. The second-order valence-electron chi connectivity index (χ2n) is 5.81. The zero-order chi connectivity index (χ0) is 17.0. The standard InChI is InChI=1S/C16H20N2O5/c1-11-4-3-5-12(2)17(11)15(19)10-23-16(20)13-6-8-14(9-7-13)18(21)22/h6-9,11-12H,3-5,10H2,1-2H3/t11-,12-/m0/s1. The van der Waals surface area contributed by atoms with Crippen molar-refractivity contribution in [3.05, 3.63) is 39.9 Å². The van der Waals surface area contributed by atoms with E-state index in [0.717, 1.165) is 19.3 Å². The van der Waals surface area contributed by atoms with Crippen molar-refractivity contribution < 1.29 is 19.2 Å². The van der Waals surface area contributed by atoms with Crippen molar-refractivity contribution in [2.24, 2.45) is 0 Å². The number of esters is 1. The maximum atomic E-state index is 12.3. The lowest BCUT2D eigenvalue weighted by molar-refractivity contribution is -0.384. The number of non-ortho nitro benzene ring substituents is 1. The van der Waals surface area contributed by atoms with E-state index in [1.54, 1.807) is 4.90 Å². The molecule has 1 aliphatic heterocycles. The molecule has 0 saturated carbocycles. The Kier molecular flexibility index (Phi) is 5.31. The third-order valence-electron chi connectivity index (χ3n) is 4.12. The van der Waals surface area contributed by atoms with Gasteiger partial charge in [0.2, 0.25) is 0 Å². The summed E-state index contributed by atoms with van der Waals surface area (Å²) in [7, 11) is 0. The zero-order valence-electron chi connectivity index (χ0n) is 13.2. The molecule has 1 fully saturated rings. The monoisotopic (exact) mass is 320 g/mol. The van der Waals surface area contributed by atoms with Gasteiger partial charge in [0, 0.05) is 24.2 Å². The number of amides is 1. The van der Waals surface area contributed by atoms with E-state index in [1.807, 2.05) is 13.8 Å². The van der Waals surface area contributed by atoms with E-state index in [-0.39, 0.29) is 35.8 Å². The van der Waals surface area contributed by atoms with E-state index in [0.29, 0.717) is 0 Å². The Morgan fingerprint density at radius 1 is 1.22 bits per heavy atom. The summed E-state index contributed by atoms with van der Waals surface area (Å²) in [5.41, 5.74) is 0.0803. The van der Waals surface area contributed by atoms with Crippen molar-refractivity contribution in [1.29, 1.82) is 0 Å². The smallest absolute Gasteiger partial charge is 0.338 e. The van der Waals surface area contributed by atoms with Gasteiger partial charge in [-0.2, -0.15) is 0 Å². The average Bonchev–Trinajstić information content (AvgIpc) is 2.52. The van der Waals surface area contributed by atoms with E-state index in [9.17, 15) is 19.7 Å². The van der Waals surface area contributed by atoms with E-state index in [2.05, 4.69) is 0 Å². The maximum Gasteiger partial charge on any atom is 0.338 e. The second kappa shape index (κ2) is 7.21. The van der Waals surface area contributed by atoms with Crippen LogP contribution >= 0.6 is 0 Å². The van der Waals surface area contributed by atoms with Gasteiger partial charge in [-0.15, -0.1) is 0 Å². The first-order chi connectivity index (χ1) is 10.9. The summed E-state index contributed by atoms with van der Waals surface area (Å²) >= 11 is 0. The van der Waals surface area contributed by atoms with Crippen LogP contribution in [0.2, 0.25) is 0 Å². The first-order valence-electron chi connectivity index (χ1n) is 7.63. The molecule has 1 aromatic carbocycles. The first kappa shape index (κ1) is 16.9. The van der Waals surface area contributed by atoms with Gasteiger partial charge in [-0.05, 0) is 45.2 Å². The van der Waals surface area contributed by atoms with Gasteiger partial charge in [-0.3, -0.25) is 14.9 Å². The number of hydrogen-bond donors (Lipinski definition) is 0. The molecule has 7 nitrogen and oxygen atoms in total. The predicted octanol–water partition coefficient (Wildman–Crippen LogP) is 2.54. The van der Waals surface area contributed by atoms with Gasteiger partial charge < -0.3 is 9.64 Å². The van der Waals surface area contributed by atoms with Crippen molar-refractivity contribution in [3.8, 4) is 0 Å². The van der Waals surface area contributed by atoms with Crippen molar-refractivity contribution in [1.82, 2.24) is 4.90 Å². The normalized spacial score (nSPS) is 20.9. The molecule has 124 valence electrons. The largest absolute Gasteiger partial charge is 0.452 e. The Morgan fingerprint density at radius 3 is 2.30 bits per heavy atom. The fourth-order valence-electron chi connectivity index (χ4n) is 2.92. The van der Waals surface area contributed by atoms with Crippen molar-refractivity contribution in [2.45, 2.75) is 45.2 Å². The van der Waals surface area contributed by atoms with Gasteiger partial charge in [-0.25, -0.2) is 4.79 Å². The average molecular weight is 320 g/mol. The van der Waals surface area contributed by atoms with Gasteiger partial charge in [0.05, 0.1) is 10.5 Å². The summed E-state index contributed by atoms with van der Waals surface area (Å²) in [6, 6.07) is 5.38. The van der Waals surface area contributed by atoms with Crippen molar-refractivity contribution in [2.75, 3.05) is 6.61 Å². The lowest BCUT2D eigenvalue weighted by Crippen LogP contribution is -2.49. The van der Waals surface area contributed by atoms with Crippen molar-refractivity contribution >= 4 is 17.6 Å². The molecule has 0 radical (unpaired) electrons. The quantitative estimate of drug-likeness (QED) is 0.483. The Labute approximate surface area is 134 Å². The minimum Gasteiger partial charge on any atom is -0.452 e. The highest BCUT2D eigenvalue weighted by Gasteiger charge is 2.29. The number of rotatable bonds is 4. The summed E-state index contributed by atoms with van der Waals surface area (Å²) in [5.74, 6) is -0.870. The number of nitro benzene ring substituents is 1. The minimum atomic E-state index is -0.662. The van der Waals surface area contributed by atoms with Crippen LogP contribution in [0.5, 0.6) is 0 Å². The molecule has 1 saturated heterocycles. The molecule has 2 atom stereocenters. The summed E-state index contributed by atoms with van der Waals surface area (Å²) in [6.07, 6.45) is 2.99. The fraction of sp³-hybridized carbons (Fsp3) is 0.500. The lowest BCUT2D eigenvalue weighted by Gasteiger charge is -2.38. The van der Waals surface area contributed by atoms with Crippen LogP contribution < -0.4 is 0 Å². The highest BCUT2D eigenvalue weighted by molar-refractivity contribution is 5.91. The molecule has 1 amide bonds. The highest BCUT2D eigenvalue weighted by atomic mass is 16.6. The number of hydrogen-bond acceptors (Lipinski definition) is 5. The number of likely N-dealkylation sites (tertiary alicyclic amines) is 1. The minimum absolute atomic E-state index is 0.103. The highest BCUT2D eigenvalue weighted by Crippen LogP contribution is 2.22. The van der Waals surface area contributed by atoms with Crippen LogP contribution in [0.15, 0.2) is 24.3 Å². The van der Waals surface area contributed by atoms with Crippen LogP contribution in [0, 0.1) is 10.1 Å². The zero-order valence-corrected chi connectivity index (χ0v) is 13.2.